The lowest BCUT2D eigenvalue weighted by atomic mass is 10.0. The number of rotatable bonds is 3. The van der Waals surface area contributed by atoms with Crippen LogP contribution in [0.5, 0.6) is 0 Å². The number of nitrogens with zero attached hydrogens (tertiary/aromatic N) is 3. The van der Waals surface area contributed by atoms with E-state index in [0.29, 0.717) is 22.6 Å². The number of aliphatic carboxylic acids is 2. The van der Waals surface area contributed by atoms with Crippen molar-refractivity contribution in [2.45, 2.75) is 31.6 Å². The van der Waals surface area contributed by atoms with E-state index in [1.54, 1.807) is 6.20 Å². The maximum Gasteiger partial charge on any atom is 0.490 e. The topological polar surface area (TPSA) is 182 Å². The van der Waals surface area contributed by atoms with Crippen molar-refractivity contribution in [1.82, 2.24) is 19.9 Å². The van der Waals surface area contributed by atoms with Crippen molar-refractivity contribution in [3.63, 3.8) is 0 Å². The molecule has 0 radical (unpaired) electrons. The number of imidazole rings is 1. The highest BCUT2D eigenvalue weighted by Crippen LogP contribution is 2.29. The van der Waals surface area contributed by atoms with E-state index in [1.807, 2.05) is 54.6 Å². The Labute approximate surface area is 282 Å². The van der Waals surface area contributed by atoms with Gasteiger partial charge in [0, 0.05) is 17.1 Å². The summed E-state index contributed by atoms with van der Waals surface area (Å²) in [4.78, 5) is 47.3. The number of anilines is 5. The number of para-hydroxylation sites is 2. The van der Waals surface area contributed by atoms with Crippen LogP contribution >= 0.6 is 11.6 Å². The predicted octanol–water partition coefficient (Wildman–Crippen LogP) is 7.04. The summed E-state index contributed by atoms with van der Waals surface area (Å²) >= 11 is 6.36. The number of hydrogen-bond acceptors (Lipinski definition) is 8. The summed E-state index contributed by atoms with van der Waals surface area (Å²) in [5.74, 6) is -4.07. The van der Waals surface area contributed by atoms with Gasteiger partial charge < -0.3 is 31.1 Å². The van der Waals surface area contributed by atoms with Gasteiger partial charge in [0.25, 0.3) is 0 Å². The molecule has 0 fully saturated rings. The van der Waals surface area contributed by atoms with Crippen LogP contribution in [-0.2, 0) is 33.6 Å². The molecule has 6 N–H and O–H groups in total. The molecule has 6 bridgehead atoms. The number of nitrogens with one attached hydrogen (secondary N) is 4. The smallest absolute Gasteiger partial charge is 0.475 e. The third kappa shape index (κ3) is 10.5. The first kappa shape index (κ1) is 36.9. The first-order chi connectivity index (χ1) is 23.5. The maximum atomic E-state index is 12.9. The minimum Gasteiger partial charge on any atom is -0.475 e. The highest BCUT2D eigenvalue weighted by Gasteiger charge is 2.38. The average Bonchev–Trinajstić information content (AvgIpc) is 3.44. The number of alkyl halides is 6. The molecule has 3 heterocycles. The quantitative estimate of drug-likeness (QED) is 0.106. The number of fused-ring (bicyclic) bond motifs is 7. The fraction of sp³-hybridized carbons (Fsp3) is 0.161. The Morgan fingerprint density at radius 3 is 2.14 bits per heavy atom. The van der Waals surface area contributed by atoms with E-state index in [9.17, 15) is 31.1 Å². The SMILES string of the molecule is O=C(Cc1nc2ccccc2[nH]1)Nc1ccc2cc1CCc1cccc(c1)Nc1ncc(Cl)c(n1)N2.O=C(O)C(F)(F)F.O=C(O)C(F)(F)F. The number of hydrogen-bond donors (Lipinski definition) is 6. The van der Waals surface area contributed by atoms with E-state index in [2.05, 4.69) is 48.0 Å². The third-order valence-electron chi connectivity index (χ3n) is 6.50. The van der Waals surface area contributed by atoms with Gasteiger partial charge in [-0.1, -0.05) is 35.9 Å². The van der Waals surface area contributed by atoms with Crippen LogP contribution < -0.4 is 16.0 Å². The highest BCUT2D eigenvalue weighted by molar-refractivity contribution is 6.32. The Morgan fingerprint density at radius 2 is 1.48 bits per heavy atom. The number of carbonyl (C=O) groups excluding carboxylic acids is 1. The van der Waals surface area contributed by atoms with Gasteiger partial charge in [-0.3, -0.25) is 4.79 Å². The molecule has 12 nitrogen and oxygen atoms in total. The van der Waals surface area contributed by atoms with Crippen molar-refractivity contribution in [1.29, 1.82) is 0 Å². The Kier molecular flexibility index (Phi) is 11.5. The first-order valence-corrected chi connectivity index (χ1v) is 14.5. The molecule has 3 aromatic carbocycles. The summed E-state index contributed by atoms with van der Waals surface area (Å²) in [6.45, 7) is 0. The number of carbonyl (C=O) groups is 3. The Morgan fingerprint density at radius 1 is 0.820 bits per heavy atom. The molecular weight excluding hydrogens is 700 g/mol. The van der Waals surface area contributed by atoms with Crippen molar-refractivity contribution in [3.8, 4) is 0 Å². The molecule has 0 saturated heterocycles. The minimum absolute atomic E-state index is 0.136. The number of benzene rings is 3. The summed E-state index contributed by atoms with van der Waals surface area (Å²) in [7, 11) is 0. The second-order valence-electron chi connectivity index (χ2n) is 10.2. The first-order valence-electron chi connectivity index (χ1n) is 14.1. The second-order valence-corrected chi connectivity index (χ2v) is 10.7. The predicted molar refractivity (Wildman–Crippen MR) is 170 cm³/mol. The largest absolute Gasteiger partial charge is 0.490 e. The molecule has 19 heteroatoms. The highest BCUT2D eigenvalue weighted by atomic mass is 35.5. The molecule has 0 unspecified atom stereocenters. The molecule has 0 spiro atoms. The number of carboxylic acids is 2. The molecule has 2 aromatic heterocycles. The molecule has 1 aliphatic rings. The van der Waals surface area contributed by atoms with E-state index >= 15 is 0 Å². The fourth-order valence-electron chi connectivity index (χ4n) is 4.30. The van der Waals surface area contributed by atoms with Crippen LogP contribution in [0.15, 0.2) is 72.9 Å². The normalized spacial score (nSPS) is 12.1. The lowest BCUT2D eigenvalue weighted by molar-refractivity contribution is -0.193. The van der Waals surface area contributed by atoms with Crippen molar-refractivity contribution >= 4 is 69.3 Å². The zero-order chi connectivity index (χ0) is 36.6. The van der Waals surface area contributed by atoms with E-state index in [1.165, 1.54) is 0 Å². The number of aromatic nitrogens is 4. The van der Waals surface area contributed by atoms with Gasteiger partial charge in [-0.2, -0.15) is 31.3 Å². The average molecular weight is 724 g/mol. The molecule has 50 heavy (non-hydrogen) atoms. The van der Waals surface area contributed by atoms with Gasteiger partial charge in [0.15, 0.2) is 5.82 Å². The number of aromatic amines is 1. The maximum absolute atomic E-state index is 12.9. The second kappa shape index (κ2) is 15.5. The fourth-order valence-corrected chi connectivity index (χ4v) is 4.44. The molecule has 1 amide bonds. The Bertz CT molecular complexity index is 1960. The molecule has 262 valence electrons. The molecule has 5 aromatic rings. The van der Waals surface area contributed by atoms with Crippen LogP contribution in [0.25, 0.3) is 11.0 Å². The van der Waals surface area contributed by atoms with Crippen molar-refractivity contribution in [3.05, 3.63) is 94.9 Å². The summed E-state index contributed by atoms with van der Waals surface area (Å²) in [5.41, 5.74) is 6.39. The summed E-state index contributed by atoms with van der Waals surface area (Å²) in [5, 5.41) is 24.3. The molecule has 0 aliphatic carbocycles. The molecule has 0 saturated carbocycles. The van der Waals surface area contributed by atoms with E-state index in [-0.39, 0.29) is 12.3 Å². The van der Waals surface area contributed by atoms with Gasteiger partial charge in [0.2, 0.25) is 11.9 Å². The number of carboxylic acid groups (broad SMARTS) is 2. The molecular formula is C31H24ClF6N7O5. The standard InChI is InChI=1S/C27H22ClN7O.2C2HF3O2/c28-20-15-29-27-31-18-5-3-4-16(12-18)8-9-17-13-19(30-26(20)35-27)10-11-21(17)34-25(36)14-24-32-22-6-1-2-7-23(22)33-24;2*3-2(4,5)1(6)7/h1-7,10-13,15H,8-9,14H2,(H,32,33)(H,34,36)(H2,29,30,31,35);2*(H,6,7). The van der Waals surface area contributed by atoms with Gasteiger partial charge in [-0.25, -0.2) is 19.6 Å². The van der Waals surface area contributed by atoms with Crippen LogP contribution in [0, 0.1) is 0 Å². The van der Waals surface area contributed by atoms with Crippen molar-refractivity contribution in [2.24, 2.45) is 0 Å². The molecule has 6 rings (SSSR count). The summed E-state index contributed by atoms with van der Waals surface area (Å²) in [6.07, 6.45) is -6.92. The lowest BCUT2D eigenvalue weighted by Gasteiger charge is -2.14. The molecule has 1 aliphatic heterocycles. The van der Waals surface area contributed by atoms with Gasteiger partial charge in [-0.05, 0) is 66.4 Å². The number of aryl methyl sites for hydroxylation is 2. The van der Waals surface area contributed by atoms with Crippen LogP contribution in [0.2, 0.25) is 5.02 Å². The number of amides is 1. The van der Waals surface area contributed by atoms with E-state index in [0.717, 1.165) is 52.1 Å². The van der Waals surface area contributed by atoms with Crippen molar-refractivity contribution < 1.29 is 50.9 Å². The van der Waals surface area contributed by atoms with Gasteiger partial charge in [0.05, 0.1) is 23.7 Å². The zero-order valence-corrected chi connectivity index (χ0v) is 25.9. The summed E-state index contributed by atoms with van der Waals surface area (Å²) < 4.78 is 63.5. The Hall–Kier alpha value is -5.91. The molecule has 0 atom stereocenters. The van der Waals surface area contributed by atoms with Gasteiger partial charge in [0.1, 0.15) is 10.8 Å². The summed E-state index contributed by atoms with van der Waals surface area (Å²) in [6, 6.07) is 21.7. The van der Waals surface area contributed by atoms with Crippen LogP contribution in [-0.4, -0.2) is 60.3 Å². The van der Waals surface area contributed by atoms with E-state index in [4.69, 9.17) is 31.4 Å². The van der Waals surface area contributed by atoms with Gasteiger partial charge in [-0.15, -0.1) is 0 Å². The number of H-pyrrole nitrogens is 1. The van der Waals surface area contributed by atoms with Crippen LogP contribution in [0.3, 0.4) is 0 Å². The third-order valence-corrected chi connectivity index (χ3v) is 6.78. The monoisotopic (exact) mass is 723 g/mol. The van der Waals surface area contributed by atoms with E-state index < -0.39 is 24.3 Å². The zero-order valence-electron chi connectivity index (χ0n) is 25.2. The Balaban J connectivity index is 0.000000340. The number of halogens is 7. The van der Waals surface area contributed by atoms with Crippen LogP contribution in [0.4, 0.5) is 55.2 Å². The lowest BCUT2D eigenvalue weighted by Crippen LogP contribution is -2.21. The van der Waals surface area contributed by atoms with Crippen molar-refractivity contribution in [2.75, 3.05) is 16.0 Å². The minimum atomic E-state index is -5.08. The van der Waals surface area contributed by atoms with Crippen LogP contribution in [0.1, 0.15) is 17.0 Å². The van der Waals surface area contributed by atoms with Gasteiger partial charge >= 0.3 is 24.3 Å².